The average molecular weight is 551 g/mol. The number of halogens is 2. The summed E-state index contributed by atoms with van der Waals surface area (Å²) < 4.78 is 30.4. The fraction of sp³-hybridized carbons (Fsp3) is 0.333. The van der Waals surface area contributed by atoms with E-state index in [1.165, 1.54) is 0 Å². The maximum atomic E-state index is 12.3. The zero-order valence-electron chi connectivity index (χ0n) is 18.3. The molecule has 188 valence electrons. The van der Waals surface area contributed by atoms with Crippen LogP contribution in [0, 0.1) is 0 Å². The first-order chi connectivity index (χ1) is 15.2. The molecule has 0 radical (unpaired) electrons. The van der Waals surface area contributed by atoms with E-state index >= 15 is 0 Å². The number of hydrogen-bond donors (Lipinski definition) is 4. The molecule has 0 aromatic heterocycles. The molecular formula is C21H29Cl2N5O4S2. The van der Waals surface area contributed by atoms with E-state index in [-0.39, 0.29) is 47.7 Å². The summed E-state index contributed by atoms with van der Waals surface area (Å²) in [6.07, 6.45) is 1.05. The lowest BCUT2D eigenvalue weighted by Gasteiger charge is -2.12. The van der Waals surface area contributed by atoms with Crippen LogP contribution in [0.15, 0.2) is 58.4 Å². The van der Waals surface area contributed by atoms with Crippen LogP contribution in [0.2, 0.25) is 0 Å². The third-order valence-electron chi connectivity index (χ3n) is 4.65. The Morgan fingerprint density at radius 2 is 1.65 bits per heavy atom. The van der Waals surface area contributed by atoms with Crippen LogP contribution in [0.1, 0.15) is 12.8 Å². The molecule has 0 saturated carbocycles. The second kappa shape index (κ2) is 13.6. The van der Waals surface area contributed by atoms with Gasteiger partial charge in [-0.2, -0.15) is 11.8 Å². The van der Waals surface area contributed by atoms with Gasteiger partial charge in [-0.15, -0.1) is 24.8 Å². The van der Waals surface area contributed by atoms with Gasteiger partial charge < -0.3 is 27.3 Å². The van der Waals surface area contributed by atoms with Crippen molar-refractivity contribution >= 4 is 64.0 Å². The van der Waals surface area contributed by atoms with Gasteiger partial charge >= 0.3 is 0 Å². The van der Waals surface area contributed by atoms with E-state index in [4.69, 9.17) is 21.9 Å². The Morgan fingerprint density at radius 1 is 1.09 bits per heavy atom. The third kappa shape index (κ3) is 9.59. The molecule has 2 aromatic rings. The second-order valence-corrected chi connectivity index (χ2v) is 10.7. The van der Waals surface area contributed by atoms with Crippen molar-refractivity contribution in [3.63, 3.8) is 0 Å². The first-order valence-corrected chi connectivity index (χ1v) is 12.8. The van der Waals surface area contributed by atoms with Crippen LogP contribution in [0.5, 0.6) is 11.5 Å². The number of sulfone groups is 1. The van der Waals surface area contributed by atoms with Crippen LogP contribution in [0.4, 0.5) is 5.69 Å². The summed E-state index contributed by atoms with van der Waals surface area (Å²) in [5.74, 6) is 1.86. The quantitative estimate of drug-likeness (QED) is 0.144. The van der Waals surface area contributed by atoms with Crippen LogP contribution in [0.3, 0.4) is 0 Å². The molecule has 1 heterocycles. The molecule has 1 aliphatic heterocycles. The molecule has 3 rings (SSSR count). The Hall–Kier alpha value is -2.18. The maximum absolute atomic E-state index is 12.3. The number of benzene rings is 2. The lowest BCUT2D eigenvalue weighted by atomic mass is 10.1. The van der Waals surface area contributed by atoms with Crippen LogP contribution in [0.25, 0.3) is 0 Å². The van der Waals surface area contributed by atoms with Gasteiger partial charge in [0.25, 0.3) is 0 Å². The zero-order chi connectivity index (χ0) is 23.1. The fourth-order valence-electron chi connectivity index (χ4n) is 2.85. The van der Waals surface area contributed by atoms with Crippen molar-refractivity contribution in [2.24, 2.45) is 22.2 Å². The highest BCUT2D eigenvalue weighted by molar-refractivity contribution is 8.08. The molecule has 0 bridgehead atoms. The fourth-order valence-corrected chi connectivity index (χ4v) is 5.52. The van der Waals surface area contributed by atoms with Crippen molar-refractivity contribution in [1.82, 2.24) is 0 Å². The van der Waals surface area contributed by atoms with Gasteiger partial charge in [0.2, 0.25) is 5.91 Å². The van der Waals surface area contributed by atoms with Crippen LogP contribution >= 0.6 is 36.6 Å². The lowest BCUT2D eigenvalue weighted by molar-refractivity contribution is -0.117. The van der Waals surface area contributed by atoms with Gasteiger partial charge in [0.1, 0.15) is 11.5 Å². The normalized spacial score (nSPS) is 15.1. The molecule has 1 fully saturated rings. The Balaban J connectivity index is 0.00000289. The summed E-state index contributed by atoms with van der Waals surface area (Å²) in [6, 6.07) is 12.5. The molecule has 0 aliphatic carbocycles. The summed E-state index contributed by atoms with van der Waals surface area (Å²) in [7, 11) is -3.27. The van der Waals surface area contributed by atoms with E-state index in [1.54, 1.807) is 60.3 Å². The van der Waals surface area contributed by atoms with E-state index in [2.05, 4.69) is 10.3 Å². The predicted octanol–water partition coefficient (Wildman–Crippen LogP) is 2.53. The topological polar surface area (TPSA) is 163 Å². The van der Waals surface area contributed by atoms with Crippen molar-refractivity contribution in [3.05, 3.63) is 48.5 Å². The molecule has 2 aromatic carbocycles. The molecule has 7 N–H and O–H groups in total. The minimum atomic E-state index is -3.27. The number of aliphatic imine (C=N–C) groups is 1. The zero-order valence-corrected chi connectivity index (χ0v) is 21.5. The lowest BCUT2D eigenvalue weighted by Crippen LogP contribution is -2.35. The number of nitrogens with zero attached hydrogens (tertiary/aromatic N) is 1. The summed E-state index contributed by atoms with van der Waals surface area (Å²) in [6.45, 7) is 0.418. The number of carbonyl (C=O) groups is 1. The Bertz CT molecular complexity index is 1060. The summed E-state index contributed by atoms with van der Waals surface area (Å²) in [4.78, 5) is 16.3. The molecule has 1 unspecified atom stereocenters. The molecule has 34 heavy (non-hydrogen) atoms. The number of rotatable bonds is 11. The van der Waals surface area contributed by atoms with Gasteiger partial charge in [-0.25, -0.2) is 8.42 Å². The van der Waals surface area contributed by atoms with Crippen molar-refractivity contribution in [2.75, 3.05) is 23.4 Å². The Morgan fingerprint density at radius 3 is 2.18 bits per heavy atom. The largest absolute Gasteiger partial charge is 0.457 e. The van der Waals surface area contributed by atoms with E-state index < -0.39 is 15.9 Å². The van der Waals surface area contributed by atoms with Crippen molar-refractivity contribution in [3.8, 4) is 11.5 Å². The maximum Gasteiger partial charge on any atom is 0.241 e. The number of anilines is 1. The molecule has 1 saturated heterocycles. The van der Waals surface area contributed by atoms with Gasteiger partial charge in [0.15, 0.2) is 15.8 Å². The Kier molecular flexibility index (Phi) is 12.0. The second-order valence-electron chi connectivity index (χ2n) is 7.38. The minimum absolute atomic E-state index is 0. The molecule has 13 heteroatoms. The van der Waals surface area contributed by atoms with E-state index in [1.807, 2.05) is 0 Å². The molecule has 2 atom stereocenters. The molecule has 0 spiro atoms. The molecule has 1 amide bonds. The first kappa shape index (κ1) is 29.9. The summed E-state index contributed by atoms with van der Waals surface area (Å²) in [5.41, 5.74) is 17.0. The van der Waals surface area contributed by atoms with E-state index in [0.717, 1.165) is 5.75 Å². The first-order valence-electron chi connectivity index (χ1n) is 10.1. The van der Waals surface area contributed by atoms with Gasteiger partial charge in [0, 0.05) is 23.2 Å². The van der Waals surface area contributed by atoms with Crippen molar-refractivity contribution in [1.29, 1.82) is 0 Å². The van der Waals surface area contributed by atoms with Gasteiger partial charge in [-0.05, 0) is 61.4 Å². The monoisotopic (exact) mass is 549 g/mol. The minimum Gasteiger partial charge on any atom is -0.457 e. The summed E-state index contributed by atoms with van der Waals surface area (Å²) >= 11 is 1.66. The molecule has 1 aliphatic rings. The van der Waals surface area contributed by atoms with E-state index in [0.29, 0.717) is 41.5 Å². The van der Waals surface area contributed by atoms with Crippen molar-refractivity contribution < 1.29 is 17.9 Å². The van der Waals surface area contributed by atoms with Gasteiger partial charge in [-0.1, -0.05) is 0 Å². The van der Waals surface area contributed by atoms with Gasteiger partial charge in [-0.3, -0.25) is 9.79 Å². The molecule has 9 nitrogen and oxygen atoms in total. The number of guanidine groups is 1. The standard InChI is InChI=1S/C21H27N5O4S2.2ClH/c22-19(2-1-11-25-21(23)24)20(27)26-14-3-5-15(6-4-14)30-16-7-9-18(10-8-16)32(28,29)13-17-12-31-17;;/h3-10,17,19H,1-2,11-13,22H2,(H,26,27)(H4,23,24,25);2*1H/t17?,19-;;/m0../s1. The molecular weight excluding hydrogens is 521 g/mol. The summed E-state index contributed by atoms with van der Waals surface area (Å²) in [5, 5.41) is 2.97. The SMILES string of the molecule is Cl.Cl.NC(N)=NCCC[C@H](N)C(=O)Nc1ccc(Oc2ccc(S(=O)(=O)CC3CS3)cc2)cc1. The van der Waals surface area contributed by atoms with Crippen LogP contribution in [-0.4, -0.2) is 49.6 Å². The van der Waals surface area contributed by atoms with Crippen molar-refractivity contribution in [2.45, 2.75) is 29.0 Å². The Labute approximate surface area is 216 Å². The predicted molar refractivity (Wildman–Crippen MR) is 142 cm³/mol. The number of ether oxygens (including phenoxy) is 1. The third-order valence-corrected chi connectivity index (χ3v) is 7.67. The number of carbonyl (C=O) groups excluding carboxylic acids is 1. The number of nitrogens with two attached hydrogens (primary N) is 3. The number of amides is 1. The highest BCUT2D eigenvalue weighted by Crippen LogP contribution is 2.33. The highest BCUT2D eigenvalue weighted by Gasteiger charge is 2.29. The smallest absolute Gasteiger partial charge is 0.241 e. The number of thioether (sulfide) groups is 1. The number of hydrogen-bond acceptors (Lipinski definition) is 7. The van der Waals surface area contributed by atoms with E-state index in [9.17, 15) is 13.2 Å². The number of nitrogens with one attached hydrogen (secondary N) is 1. The van der Waals surface area contributed by atoms with Crippen LogP contribution in [-0.2, 0) is 14.6 Å². The van der Waals surface area contributed by atoms with Crippen LogP contribution < -0.4 is 27.3 Å². The average Bonchev–Trinajstić information content (AvgIpc) is 3.56. The highest BCUT2D eigenvalue weighted by atomic mass is 35.5. The van der Waals surface area contributed by atoms with Gasteiger partial charge in [0.05, 0.1) is 16.7 Å².